The molecule has 1 aromatic heterocycles. The van der Waals surface area contributed by atoms with Crippen LogP contribution >= 0.6 is 0 Å². The van der Waals surface area contributed by atoms with Gasteiger partial charge in [0.25, 0.3) is 5.91 Å². The summed E-state index contributed by atoms with van der Waals surface area (Å²) in [6.45, 7) is 6.79. The molecule has 4 fully saturated rings. The van der Waals surface area contributed by atoms with Crippen molar-refractivity contribution in [3.8, 4) is 5.75 Å². The van der Waals surface area contributed by atoms with Crippen LogP contribution in [-0.2, 0) is 27.4 Å². The highest BCUT2D eigenvalue weighted by Crippen LogP contribution is 2.35. The van der Waals surface area contributed by atoms with Gasteiger partial charge in [-0.3, -0.25) is 29.6 Å². The number of benzene rings is 2. The van der Waals surface area contributed by atoms with Crippen LogP contribution in [0.2, 0.25) is 0 Å². The molecule has 45 heavy (non-hydrogen) atoms. The number of imide groups is 1. The Bertz CT molecular complexity index is 1670. The predicted molar refractivity (Wildman–Crippen MR) is 168 cm³/mol. The number of nitrogens with zero attached hydrogens (tertiary/aromatic N) is 4. The number of nitrogens with one attached hydrogen (secondary N) is 1. The summed E-state index contributed by atoms with van der Waals surface area (Å²) in [5.74, 6) is 0.380. The van der Waals surface area contributed by atoms with Gasteiger partial charge in [0.15, 0.2) is 0 Å². The number of carbonyl (C=O) groups excluding carboxylic acids is 3. The minimum Gasteiger partial charge on any atom is -0.489 e. The van der Waals surface area contributed by atoms with Crippen LogP contribution in [0, 0.1) is 0 Å². The van der Waals surface area contributed by atoms with Crippen molar-refractivity contribution >= 4 is 34.3 Å². The number of hydrogen-bond acceptors (Lipinski definition) is 8. The molecule has 0 aliphatic carbocycles. The van der Waals surface area contributed by atoms with Gasteiger partial charge in [0.2, 0.25) is 11.8 Å². The highest BCUT2D eigenvalue weighted by Gasteiger charge is 2.39. The van der Waals surface area contributed by atoms with E-state index in [4.69, 9.17) is 14.5 Å². The Hall–Kier alpha value is -4.02. The lowest BCUT2D eigenvalue weighted by Crippen LogP contribution is -2.52. The quantitative estimate of drug-likeness (QED) is 0.404. The molecule has 0 saturated carbocycles. The number of carbonyl (C=O) groups is 3. The van der Waals surface area contributed by atoms with Crippen LogP contribution in [0.3, 0.4) is 0 Å². The number of fused-ring (bicyclic) bond motifs is 2. The van der Waals surface area contributed by atoms with E-state index in [2.05, 4.69) is 39.4 Å². The van der Waals surface area contributed by atoms with Gasteiger partial charge >= 0.3 is 0 Å². The highest BCUT2D eigenvalue weighted by molar-refractivity contribution is 6.05. The van der Waals surface area contributed by atoms with Crippen molar-refractivity contribution in [2.75, 3.05) is 44.3 Å². The molecule has 8 rings (SSSR count). The van der Waals surface area contributed by atoms with Crippen LogP contribution in [-0.4, -0.2) is 84.0 Å². The van der Waals surface area contributed by atoms with E-state index in [1.165, 1.54) is 28.8 Å². The van der Waals surface area contributed by atoms with Gasteiger partial charge in [0.05, 0.1) is 11.2 Å². The van der Waals surface area contributed by atoms with Crippen LogP contribution < -0.4 is 15.0 Å². The Morgan fingerprint density at radius 1 is 0.956 bits per heavy atom. The third-order valence-corrected chi connectivity index (χ3v) is 10.1. The zero-order chi connectivity index (χ0) is 30.5. The van der Waals surface area contributed by atoms with Gasteiger partial charge in [-0.15, -0.1) is 0 Å². The average molecular weight is 610 g/mol. The Morgan fingerprint density at radius 3 is 2.62 bits per heavy atom. The second-order valence-electron chi connectivity index (χ2n) is 13.1. The van der Waals surface area contributed by atoms with Crippen molar-refractivity contribution in [1.82, 2.24) is 20.1 Å². The first-order chi connectivity index (χ1) is 22.0. The molecule has 0 radical (unpaired) electrons. The lowest BCUT2D eigenvalue weighted by Gasteiger charge is -2.34. The highest BCUT2D eigenvalue weighted by atomic mass is 16.5. The second-order valence-corrected chi connectivity index (χ2v) is 13.1. The van der Waals surface area contributed by atoms with E-state index in [0.29, 0.717) is 24.4 Å². The summed E-state index contributed by atoms with van der Waals surface area (Å²) in [6.07, 6.45) is 4.90. The third kappa shape index (κ3) is 5.55. The zero-order valence-corrected chi connectivity index (χ0v) is 25.5. The van der Waals surface area contributed by atoms with E-state index in [0.717, 1.165) is 82.0 Å². The lowest BCUT2D eigenvalue weighted by molar-refractivity contribution is -0.136. The van der Waals surface area contributed by atoms with Gasteiger partial charge < -0.3 is 19.3 Å². The Kier molecular flexibility index (Phi) is 7.41. The van der Waals surface area contributed by atoms with Crippen LogP contribution in [0.25, 0.3) is 10.9 Å². The number of rotatable bonds is 7. The molecule has 0 bridgehead atoms. The number of ether oxygens (including phenoxy) is 2. The fraction of sp³-hybridized carbons (Fsp3) is 0.486. The summed E-state index contributed by atoms with van der Waals surface area (Å²) in [5, 5.41) is 3.57. The van der Waals surface area contributed by atoms with E-state index >= 15 is 0 Å². The van der Waals surface area contributed by atoms with E-state index in [-0.39, 0.29) is 24.3 Å². The molecule has 0 spiro atoms. The molecule has 2 unspecified atom stereocenters. The molecule has 4 saturated heterocycles. The molecule has 1 N–H and O–H groups in total. The summed E-state index contributed by atoms with van der Waals surface area (Å²) >= 11 is 0. The maximum absolute atomic E-state index is 13.1. The van der Waals surface area contributed by atoms with Crippen molar-refractivity contribution < 1.29 is 23.9 Å². The van der Waals surface area contributed by atoms with E-state index in [1.54, 1.807) is 11.0 Å². The summed E-state index contributed by atoms with van der Waals surface area (Å²) in [4.78, 5) is 48.7. The van der Waals surface area contributed by atoms with Gasteiger partial charge in [-0.1, -0.05) is 6.07 Å². The molecule has 234 valence electrons. The van der Waals surface area contributed by atoms with Crippen molar-refractivity contribution in [1.29, 1.82) is 0 Å². The number of anilines is 1. The number of likely N-dealkylation sites (tertiary alicyclic amines) is 1. The summed E-state index contributed by atoms with van der Waals surface area (Å²) in [7, 11) is 0. The molecule has 2 aromatic carbocycles. The van der Waals surface area contributed by atoms with Gasteiger partial charge in [-0.05, 0) is 79.6 Å². The normalized spacial score (nSPS) is 24.2. The van der Waals surface area contributed by atoms with Gasteiger partial charge in [0, 0.05) is 81.5 Å². The number of pyridine rings is 1. The van der Waals surface area contributed by atoms with E-state index < -0.39 is 11.9 Å². The molecule has 3 aromatic rings. The fourth-order valence-corrected chi connectivity index (χ4v) is 7.51. The maximum atomic E-state index is 13.1. The standard InChI is InChI=1S/C35H39N5O5/c41-32-7-6-30(34(42)37-32)40-20-25-18-26(3-4-28(25)35(40)43)45-27-8-13-38(21-27)19-22-16-24-2-5-29(23-9-14-44-15-10-23)36-33(24)31(17-22)39-11-1-12-39/h2-5,16-18,23,27,30H,1,6-15,19-21H2,(H,37,41,42). The lowest BCUT2D eigenvalue weighted by atomic mass is 9.95. The van der Waals surface area contributed by atoms with Crippen LogP contribution in [0.1, 0.15) is 71.6 Å². The predicted octanol–water partition coefficient (Wildman–Crippen LogP) is 3.75. The Balaban J connectivity index is 0.934. The summed E-state index contributed by atoms with van der Waals surface area (Å²) in [6, 6.07) is 14.1. The number of hydrogen-bond donors (Lipinski definition) is 1. The van der Waals surface area contributed by atoms with Crippen molar-refractivity contribution in [2.24, 2.45) is 0 Å². The molecule has 5 aliphatic rings. The first-order valence-electron chi connectivity index (χ1n) is 16.4. The topological polar surface area (TPSA) is 104 Å². The fourth-order valence-electron chi connectivity index (χ4n) is 7.51. The summed E-state index contributed by atoms with van der Waals surface area (Å²) in [5.41, 5.74) is 6.34. The smallest absolute Gasteiger partial charge is 0.255 e. The van der Waals surface area contributed by atoms with E-state index in [1.807, 2.05) is 12.1 Å². The monoisotopic (exact) mass is 609 g/mol. The molecule has 10 heteroatoms. The number of amides is 3. The first kappa shape index (κ1) is 28.5. The van der Waals surface area contributed by atoms with Gasteiger partial charge in [-0.2, -0.15) is 0 Å². The second kappa shape index (κ2) is 11.7. The minimum absolute atomic E-state index is 0.0606. The number of piperidine rings is 1. The van der Waals surface area contributed by atoms with Crippen LogP contribution in [0.4, 0.5) is 5.69 Å². The number of aromatic nitrogens is 1. The van der Waals surface area contributed by atoms with Gasteiger partial charge in [-0.25, -0.2) is 0 Å². The average Bonchev–Trinajstić information content (AvgIpc) is 3.59. The van der Waals surface area contributed by atoms with Crippen LogP contribution in [0.15, 0.2) is 42.5 Å². The maximum Gasteiger partial charge on any atom is 0.255 e. The van der Waals surface area contributed by atoms with Crippen molar-refractivity contribution in [2.45, 2.75) is 69.7 Å². The molecule has 3 amide bonds. The third-order valence-electron chi connectivity index (χ3n) is 10.1. The zero-order valence-electron chi connectivity index (χ0n) is 25.5. The molecule has 10 nitrogen and oxygen atoms in total. The summed E-state index contributed by atoms with van der Waals surface area (Å²) < 4.78 is 12.0. The van der Waals surface area contributed by atoms with E-state index in [9.17, 15) is 14.4 Å². The molecule has 5 aliphatic heterocycles. The van der Waals surface area contributed by atoms with Crippen LogP contribution in [0.5, 0.6) is 5.75 Å². The Morgan fingerprint density at radius 2 is 1.82 bits per heavy atom. The molecular weight excluding hydrogens is 570 g/mol. The molecule has 2 atom stereocenters. The first-order valence-corrected chi connectivity index (χ1v) is 16.4. The SMILES string of the molecule is O=C1CCC(N2Cc3cc(OC4CCN(Cc5cc(N6CCC6)c6nc(C7CCOCC7)ccc6c5)C4)ccc3C2=O)C(=O)N1. The molecule has 6 heterocycles. The Labute approximate surface area is 262 Å². The van der Waals surface area contributed by atoms with Gasteiger partial charge in [0.1, 0.15) is 17.9 Å². The minimum atomic E-state index is -0.614. The van der Waals surface area contributed by atoms with Crippen molar-refractivity contribution in [3.63, 3.8) is 0 Å². The van der Waals surface area contributed by atoms with Crippen molar-refractivity contribution in [3.05, 3.63) is 64.8 Å². The molecular formula is C35H39N5O5. The largest absolute Gasteiger partial charge is 0.489 e.